The number of para-hydroxylation sites is 1. The molecule has 1 fully saturated rings. The number of carbonyl (C=O) groups is 3. The van der Waals surface area contributed by atoms with Gasteiger partial charge >= 0.3 is 0 Å². The van der Waals surface area contributed by atoms with E-state index in [9.17, 15) is 19.5 Å². The summed E-state index contributed by atoms with van der Waals surface area (Å²) in [6, 6.07) is 17.6. The van der Waals surface area contributed by atoms with Crippen molar-refractivity contribution >= 4 is 29.1 Å². The number of rotatable bonds is 17. The van der Waals surface area contributed by atoms with Crippen LogP contribution < -0.4 is 25.8 Å². The molecular weight excluding hydrogens is 612 g/mol. The fourth-order valence-corrected chi connectivity index (χ4v) is 5.42. The van der Waals surface area contributed by atoms with E-state index in [-0.39, 0.29) is 30.4 Å². The summed E-state index contributed by atoms with van der Waals surface area (Å²) in [5.74, 6) is 0.503. The van der Waals surface area contributed by atoms with E-state index >= 15 is 0 Å². The highest BCUT2D eigenvalue weighted by Crippen LogP contribution is 2.28. The third-order valence-corrected chi connectivity index (χ3v) is 8.15. The number of hydrogen-bond acceptors (Lipinski definition) is 8. The molecule has 11 nitrogen and oxygen atoms in total. The van der Waals surface area contributed by atoms with Crippen LogP contribution in [0.1, 0.15) is 76.8 Å². The van der Waals surface area contributed by atoms with Crippen molar-refractivity contribution in [3.05, 3.63) is 82.9 Å². The molecule has 3 aromatic rings. The standard InChI is InChI=1S/C37H48N4O7/c1-26-12-14-32(34(23-26)48-21-7-3-4-11-35(43)41-19-16-29(42)17-20-41)40-36(44)27-13-15-31(28(24-27)25-46-2)39-37(45)30-9-5-6-10-33(30)47-22-8-18-38/h5-6,9-10,12-15,23-24,29,42H,3-4,7-8,11,16-22,25,38H2,1-2H3,(H,39,45)(H,40,44). The minimum atomic E-state index is -0.344. The van der Waals surface area contributed by atoms with Crippen molar-refractivity contribution in [2.45, 2.75) is 64.6 Å². The van der Waals surface area contributed by atoms with Gasteiger partial charge in [-0.25, -0.2) is 0 Å². The summed E-state index contributed by atoms with van der Waals surface area (Å²) in [5, 5.41) is 15.5. The Morgan fingerprint density at radius 3 is 2.33 bits per heavy atom. The highest BCUT2D eigenvalue weighted by molar-refractivity contribution is 6.08. The number of unbranched alkanes of at least 4 members (excludes halogenated alkanes) is 2. The van der Waals surface area contributed by atoms with Gasteiger partial charge < -0.3 is 40.6 Å². The number of aliphatic hydroxyl groups excluding tert-OH is 1. The average molecular weight is 661 g/mol. The normalized spacial score (nSPS) is 13.2. The second-order valence-corrected chi connectivity index (χ2v) is 12.0. The zero-order chi connectivity index (χ0) is 34.3. The number of ether oxygens (including phenoxy) is 3. The predicted octanol–water partition coefficient (Wildman–Crippen LogP) is 5.30. The number of amides is 3. The van der Waals surface area contributed by atoms with E-state index in [2.05, 4.69) is 10.6 Å². The lowest BCUT2D eigenvalue weighted by Gasteiger charge is -2.29. The lowest BCUT2D eigenvalue weighted by Crippen LogP contribution is -2.39. The Bertz CT molecular complexity index is 1520. The molecule has 258 valence electrons. The number of nitrogens with two attached hydrogens (primary N) is 1. The molecule has 3 aromatic carbocycles. The number of carbonyl (C=O) groups excluding carboxylic acids is 3. The number of anilines is 2. The molecule has 3 amide bonds. The number of likely N-dealkylation sites (tertiary alicyclic amines) is 1. The monoisotopic (exact) mass is 660 g/mol. The van der Waals surface area contributed by atoms with Gasteiger partial charge in [-0.3, -0.25) is 14.4 Å². The summed E-state index contributed by atoms with van der Waals surface area (Å²) >= 11 is 0. The third-order valence-electron chi connectivity index (χ3n) is 8.15. The van der Waals surface area contributed by atoms with E-state index in [1.54, 1.807) is 49.6 Å². The molecule has 0 saturated carbocycles. The molecule has 0 spiro atoms. The molecular formula is C37H48N4O7. The van der Waals surface area contributed by atoms with Crippen molar-refractivity contribution < 1.29 is 33.7 Å². The lowest BCUT2D eigenvalue weighted by atomic mass is 10.1. The number of benzene rings is 3. The van der Waals surface area contributed by atoms with E-state index in [0.717, 1.165) is 24.8 Å². The molecule has 11 heteroatoms. The second kappa shape index (κ2) is 18.8. The molecule has 4 rings (SSSR count). The number of nitrogens with zero attached hydrogens (tertiary/aromatic N) is 1. The van der Waals surface area contributed by atoms with Gasteiger partial charge in [0.25, 0.3) is 11.8 Å². The molecule has 0 bridgehead atoms. The average Bonchev–Trinajstić information content (AvgIpc) is 3.08. The smallest absolute Gasteiger partial charge is 0.259 e. The number of aliphatic hydroxyl groups is 1. The van der Waals surface area contributed by atoms with E-state index in [0.29, 0.717) is 98.1 Å². The van der Waals surface area contributed by atoms with Gasteiger partial charge in [0.1, 0.15) is 11.5 Å². The van der Waals surface area contributed by atoms with Crippen LogP contribution in [0, 0.1) is 6.92 Å². The molecule has 0 aromatic heterocycles. The Balaban J connectivity index is 1.33. The minimum absolute atomic E-state index is 0.143. The number of hydrogen-bond donors (Lipinski definition) is 4. The van der Waals surface area contributed by atoms with Crippen molar-refractivity contribution in [2.24, 2.45) is 5.73 Å². The number of methoxy groups -OCH3 is 1. The highest BCUT2D eigenvalue weighted by atomic mass is 16.5. The molecule has 0 radical (unpaired) electrons. The van der Waals surface area contributed by atoms with Crippen LogP contribution in [0.25, 0.3) is 0 Å². The van der Waals surface area contributed by atoms with Gasteiger partial charge in [-0.2, -0.15) is 0 Å². The Morgan fingerprint density at radius 1 is 0.854 bits per heavy atom. The van der Waals surface area contributed by atoms with Crippen LogP contribution in [0.4, 0.5) is 11.4 Å². The number of aryl methyl sites for hydroxylation is 1. The quantitative estimate of drug-likeness (QED) is 0.143. The molecule has 48 heavy (non-hydrogen) atoms. The molecule has 0 aliphatic carbocycles. The zero-order valence-electron chi connectivity index (χ0n) is 28.0. The summed E-state index contributed by atoms with van der Waals surface area (Å²) in [6.45, 7) is 4.73. The minimum Gasteiger partial charge on any atom is -0.493 e. The first-order valence-electron chi connectivity index (χ1n) is 16.6. The van der Waals surface area contributed by atoms with Crippen molar-refractivity contribution in [3.63, 3.8) is 0 Å². The maximum absolute atomic E-state index is 13.4. The van der Waals surface area contributed by atoms with Crippen LogP contribution in [0.5, 0.6) is 11.5 Å². The molecule has 5 N–H and O–H groups in total. The number of piperidine rings is 1. The molecule has 1 heterocycles. The summed E-state index contributed by atoms with van der Waals surface area (Å²) in [6.07, 6.45) is 4.55. The van der Waals surface area contributed by atoms with Crippen LogP contribution in [-0.4, -0.2) is 73.8 Å². The maximum atomic E-state index is 13.4. The van der Waals surface area contributed by atoms with Gasteiger partial charge in [0.2, 0.25) is 5.91 Å². The Labute approximate surface area is 282 Å². The topological polar surface area (TPSA) is 152 Å². The number of nitrogens with one attached hydrogen (secondary N) is 2. The van der Waals surface area contributed by atoms with E-state index in [1.165, 1.54) is 0 Å². The Kier molecular flexibility index (Phi) is 14.2. The van der Waals surface area contributed by atoms with Crippen molar-refractivity contribution in [3.8, 4) is 11.5 Å². The Hall–Kier alpha value is -4.45. The van der Waals surface area contributed by atoms with Gasteiger partial charge in [0, 0.05) is 43.4 Å². The predicted molar refractivity (Wildman–Crippen MR) is 186 cm³/mol. The van der Waals surface area contributed by atoms with Gasteiger partial charge in [-0.05, 0) is 100 Å². The molecule has 0 atom stereocenters. The molecule has 1 aliphatic heterocycles. The first-order valence-corrected chi connectivity index (χ1v) is 16.6. The van der Waals surface area contributed by atoms with E-state index in [4.69, 9.17) is 19.9 Å². The summed E-state index contributed by atoms with van der Waals surface area (Å²) in [7, 11) is 1.55. The van der Waals surface area contributed by atoms with Gasteiger partial charge in [0.15, 0.2) is 0 Å². The summed E-state index contributed by atoms with van der Waals surface area (Å²) in [5.41, 5.74) is 9.05. The molecule has 0 unspecified atom stereocenters. The zero-order valence-corrected chi connectivity index (χ0v) is 28.0. The Morgan fingerprint density at radius 2 is 1.56 bits per heavy atom. The maximum Gasteiger partial charge on any atom is 0.259 e. The van der Waals surface area contributed by atoms with E-state index < -0.39 is 0 Å². The SMILES string of the molecule is COCc1cc(C(=O)Nc2ccc(C)cc2OCCCCCC(=O)N2CCC(O)CC2)ccc1NC(=O)c1ccccc1OCCCN. The first kappa shape index (κ1) is 36.4. The fourth-order valence-electron chi connectivity index (χ4n) is 5.42. The van der Waals surface area contributed by atoms with Crippen molar-refractivity contribution in [1.82, 2.24) is 4.90 Å². The van der Waals surface area contributed by atoms with Gasteiger partial charge in [-0.15, -0.1) is 0 Å². The van der Waals surface area contributed by atoms with E-state index in [1.807, 2.05) is 30.0 Å². The first-order chi connectivity index (χ1) is 23.3. The van der Waals surface area contributed by atoms with Crippen LogP contribution in [-0.2, 0) is 16.1 Å². The van der Waals surface area contributed by atoms with Crippen LogP contribution in [0.2, 0.25) is 0 Å². The van der Waals surface area contributed by atoms with Crippen LogP contribution in [0.3, 0.4) is 0 Å². The summed E-state index contributed by atoms with van der Waals surface area (Å²) < 4.78 is 17.2. The second-order valence-electron chi connectivity index (χ2n) is 12.0. The van der Waals surface area contributed by atoms with Gasteiger partial charge in [0.05, 0.1) is 37.2 Å². The lowest BCUT2D eigenvalue weighted by molar-refractivity contribution is -0.133. The van der Waals surface area contributed by atoms with Crippen molar-refractivity contribution in [1.29, 1.82) is 0 Å². The highest BCUT2D eigenvalue weighted by Gasteiger charge is 2.21. The van der Waals surface area contributed by atoms with Crippen molar-refractivity contribution in [2.75, 3.05) is 50.6 Å². The fraction of sp³-hybridized carbons (Fsp3) is 0.432. The molecule has 1 aliphatic rings. The molecule has 1 saturated heterocycles. The summed E-state index contributed by atoms with van der Waals surface area (Å²) in [4.78, 5) is 40.9. The third kappa shape index (κ3) is 10.8. The van der Waals surface area contributed by atoms with Crippen LogP contribution in [0.15, 0.2) is 60.7 Å². The van der Waals surface area contributed by atoms with Crippen LogP contribution >= 0.6 is 0 Å². The van der Waals surface area contributed by atoms with Gasteiger partial charge in [-0.1, -0.05) is 18.2 Å². The largest absolute Gasteiger partial charge is 0.493 e.